The minimum Gasteiger partial charge on any atom is -0.434 e. The number of ether oxygens (including phenoxy) is 1. The first-order valence-electron chi connectivity index (χ1n) is 12.2. The molecule has 1 amide bonds. The van der Waals surface area contributed by atoms with Gasteiger partial charge in [-0.3, -0.25) is 9.69 Å². The SMILES string of the molecule is O=C(Nc1sc(-c2ccc(CN3CC(F)(F)C3)cc2)nc1-c1cc(Cl)ccc1OC(F)F)c1cnn2cccnc12. The van der Waals surface area contributed by atoms with Crippen molar-refractivity contribution in [1.82, 2.24) is 24.5 Å². The number of aromatic nitrogens is 4. The number of amides is 1. The van der Waals surface area contributed by atoms with Crippen molar-refractivity contribution in [2.75, 3.05) is 18.4 Å². The number of benzene rings is 2. The van der Waals surface area contributed by atoms with E-state index in [0.717, 1.165) is 16.9 Å². The van der Waals surface area contributed by atoms with Crippen molar-refractivity contribution in [3.63, 3.8) is 0 Å². The highest BCUT2D eigenvalue weighted by atomic mass is 35.5. The molecule has 41 heavy (non-hydrogen) atoms. The molecule has 3 aromatic heterocycles. The molecule has 1 aliphatic heterocycles. The number of likely N-dealkylation sites (tertiary alicyclic amines) is 1. The third-order valence-corrected chi connectivity index (χ3v) is 7.56. The van der Waals surface area contributed by atoms with Crippen molar-refractivity contribution >= 4 is 39.5 Å². The molecule has 1 saturated heterocycles. The van der Waals surface area contributed by atoms with Gasteiger partial charge in [-0.15, -0.1) is 0 Å². The highest BCUT2D eigenvalue weighted by Gasteiger charge is 2.43. The molecule has 5 aromatic rings. The lowest BCUT2D eigenvalue weighted by Crippen LogP contribution is -2.55. The fraction of sp³-hybridized carbons (Fsp3) is 0.185. The van der Waals surface area contributed by atoms with E-state index in [0.29, 0.717) is 22.8 Å². The molecule has 6 rings (SSSR count). The Morgan fingerprint density at radius 3 is 2.68 bits per heavy atom. The van der Waals surface area contributed by atoms with Crippen LogP contribution in [0.2, 0.25) is 5.02 Å². The van der Waals surface area contributed by atoms with Crippen LogP contribution in [-0.2, 0) is 6.54 Å². The van der Waals surface area contributed by atoms with E-state index in [9.17, 15) is 22.4 Å². The summed E-state index contributed by atoms with van der Waals surface area (Å²) in [6.07, 6.45) is 4.55. The van der Waals surface area contributed by atoms with Crippen LogP contribution in [0.25, 0.3) is 27.5 Å². The number of carbonyl (C=O) groups excluding carboxylic acids is 1. The molecule has 1 N–H and O–H groups in total. The first kappa shape index (κ1) is 27.1. The molecule has 0 unspecified atom stereocenters. The van der Waals surface area contributed by atoms with Crippen LogP contribution in [0, 0.1) is 0 Å². The molecule has 8 nitrogen and oxygen atoms in total. The Bertz CT molecular complexity index is 1740. The number of carbonyl (C=O) groups is 1. The summed E-state index contributed by atoms with van der Waals surface area (Å²) in [5.74, 6) is -3.35. The fourth-order valence-electron chi connectivity index (χ4n) is 4.49. The zero-order valence-corrected chi connectivity index (χ0v) is 22.5. The number of halogens is 5. The molecule has 0 saturated carbocycles. The molecule has 0 radical (unpaired) electrons. The molecule has 0 bridgehead atoms. The van der Waals surface area contributed by atoms with Crippen molar-refractivity contribution < 1.29 is 27.1 Å². The second kappa shape index (κ2) is 10.7. The topological polar surface area (TPSA) is 84.7 Å². The van der Waals surface area contributed by atoms with Gasteiger partial charge in [0.05, 0.1) is 19.3 Å². The van der Waals surface area contributed by atoms with E-state index >= 15 is 0 Å². The molecule has 1 aliphatic rings. The van der Waals surface area contributed by atoms with Crippen LogP contribution >= 0.6 is 22.9 Å². The Morgan fingerprint density at radius 2 is 1.95 bits per heavy atom. The Hall–Kier alpha value is -4.07. The summed E-state index contributed by atoms with van der Waals surface area (Å²) >= 11 is 7.32. The lowest BCUT2D eigenvalue weighted by molar-refractivity contribution is -0.133. The molecule has 0 aliphatic carbocycles. The summed E-state index contributed by atoms with van der Waals surface area (Å²) < 4.78 is 59.0. The second-order valence-electron chi connectivity index (χ2n) is 9.31. The van der Waals surface area contributed by atoms with Crippen LogP contribution < -0.4 is 10.1 Å². The number of anilines is 1. The molecular weight excluding hydrogens is 584 g/mol. The Morgan fingerprint density at radius 1 is 1.17 bits per heavy atom. The molecule has 0 spiro atoms. The molecule has 2 aromatic carbocycles. The van der Waals surface area contributed by atoms with Crippen LogP contribution in [0.1, 0.15) is 15.9 Å². The third kappa shape index (κ3) is 5.73. The van der Waals surface area contributed by atoms with Crippen LogP contribution in [-0.4, -0.2) is 56.0 Å². The van der Waals surface area contributed by atoms with E-state index in [1.807, 2.05) is 0 Å². The first-order valence-corrected chi connectivity index (χ1v) is 13.4. The minimum absolute atomic E-state index is 0.156. The molecule has 4 heterocycles. The van der Waals surface area contributed by atoms with E-state index < -0.39 is 18.4 Å². The van der Waals surface area contributed by atoms with Gasteiger partial charge < -0.3 is 10.1 Å². The van der Waals surface area contributed by atoms with Gasteiger partial charge in [0.15, 0.2) is 5.65 Å². The predicted octanol–water partition coefficient (Wildman–Crippen LogP) is 6.48. The van der Waals surface area contributed by atoms with E-state index in [-0.39, 0.29) is 45.7 Å². The summed E-state index contributed by atoms with van der Waals surface area (Å²) in [6, 6.07) is 13.0. The van der Waals surface area contributed by atoms with Crippen LogP contribution in [0.4, 0.5) is 22.6 Å². The van der Waals surface area contributed by atoms with Gasteiger partial charge in [0, 0.05) is 35.1 Å². The smallest absolute Gasteiger partial charge is 0.387 e. The summed E-state index contributed by atoms with van der Waals surface area (Å²) in [5.41, 5.74) is 2.37. The summed E-state index contributed by atoms with van der Waals surface area (Å²) in [7, 11) is 0. The van der Waals surface area contributed by atoms with Crippen molar-refractivity contribution in [1.29, 1.82) is 0 Å². The molecule has 0 atom stereocenters. The van der Waals surface area contributed by atoms with Crippen molar-refractivity contribution in [2.24, 2.45) is 0 Å². The fourth-order valence-corrected chi connectivity index (χ4v) is 5.64. The first-order chi connectivity index (χ1) is 19.6. The van der Waals surface area contributed by atoms with Crippen LogP contribution in [0.15, 0.2) is 67.1 Å². The second-order valence-corrected chi connectivity index (χ2v) is 10.7. The molecule has 14 heteroatoms. The summed E-state index contributed by atoms with van der Waals surface area (Å²) in [4.78, 5) is 23.8. The quantitative estimate of drug-likeness (QED) is 0.205. The zero-order chi connectivity index (χ0) is 28.7. The summed E-state index contributed by atoms with van der Waals surface area (Å²) in [6.45, 7) is -3.28. The predicted molar refractivity (Wildman–Crippen MR) is 146 cm³/mol. The third-order valence-electron chi connectivity index (χ3n) is 6.31. The average Bonchev–Trinajstić information content (AvgIpc) is 3.53. The number of thiazole rings is 1. The van der Waals surface area contributed by atoms with Gasteiger partial charge in [-0.25, -0.2) is 23.3 Å². The van der Waals surface area contributed by atoms with Gasteiger partial charge in [-0.2, -0.15) is 13.9 Å². The van der Waals surface area contributed by atoms with Gasteiger partial charge >= 0.3 is 6.61 Å². The summed E-state index contributed by atoms with van der Waals surface area (Å²) in [5, 5.41) is 7.93. The van der Waals surface area contributed by atoms with E-state index in [4.69, 9.17) is 16.3 Å². The van der Waals surface area contributed by atoms with Crippen molar-refractivity contribution in [3.8, 4) is 27.6 Å². The number of fused-ring (bicyclic) bond motifs is 1. The maximum absolute atomic E-state index is 13.3. The number of hydrogen-bond acceptors (Lipinski definition) is 7. The lowest BCUT2D eigenvalue weighted by Gasteiger charge is -2.38. The molecular formula is C27H19ClF4N6O2S. The van der Waals surface area contributed by atoms with Crippen LogP contribution in [0.5, 0.6) is 5.75 Å². The number of rotatable bonds is 8. The number of alkyl halides is 4. The number of nitrogens with zero attached hydrogens (tertiary/aromatic N) is 5. The number of hydrogen-bond donors (Lipinski definition) is 1. The van der Waals surface area contributed by atoms with Gasteiger partial charge in [0.2, 0.25) is 0 Å². The standard InChI is InChI=1S/C27H19ClF4N6O2S/c28-17-6-7-20(40-26(29)30)18(10-17)21-25(36-23(39)19-11-34-38-9-1-8-33-22(19)38)41-24(35-21)16-4-2-15(3-5-16)12-37-13-27(31,32)14-37/h1-11,26H,12-14H2,(H,36,39). The minimum atomic E-state index is -3.10. The normalized spacial score (nSPS) is 14.8. The van der Waals surface area contributed by atoms with Gasteiger partial charge in [0.25, 0.3) is 11.8 Å². The highest BCUT2D eigenvalue weighted by Crippen LogP contribution is 2.43. The van der Waals surface area contributed by atoms with Gasteiger partial charge in [-0.1, -0.05) is 47.2 Å². The van der Waals surface area contributed by atoms with Crippen LogP contribution in [0.3, 0.4) is 0 Å². The maximum atomic E-state index is 13.3. The van der Waals surface area contributed by atoms with E-state index in [2.05, 4.69) is 20.4 Å². The zero-order valence-electron chi connectivity index (χ0n) is 20.9. The molecule has 210 valence electrons. The van der Waals surface area contributed by atoms with Crippen molar-refractivity contribution in [3.05, 3.63) is 83.3 Å². The van der Waals surface area contributed by atoms with Crippen molar-refractivity contribution in [2.45, 2.75) is 19.1 Å². The average molecular weight is 603 g/mol. The maximum Gasteiger partial charge on any atom is 0.387 e. The Kier molecular flexibility index (Phi) is 7.09. The van der Waals surface area contributed by atoms with E-state index in [1.165, 1.54) is 35.1 Å². The van der Waals surface area contributed by atoms with E-state index in [1.54, 1.807) is 41.4 Å². The van der Waals surface area contributed by atoms with Gasteiger partial charge in [0.1, 0.15) is 27.0 Å². The monoisotopic (exact) mass is 602 g/mol. The van der Waals surface area contributed by atoms with Gasteiger partial charge in [-0.05, 0) is 29.8 Å². The Labute approximate surface area is 239 Å². The highest BCUT2D eigenvalue weighted by molar-refractivity contribution is 7.19. The lowest BCUT2D eigenvalue weighted by atomic mass is 10.1. The number of nitrogens with one attached hydrogen (secondary N) is 1. The largest absolute Gasteiger partial charge is 0.434 e. The molecule has 1 fully saturated rings. The Balaban J connectivity index is 1.36.